The van der Waals surface area contributed by atoms with Gasteiger partial charge in [-0.15, -0.1) is 0 Å². The fourth-order valence-corrected chi connectivity index (χ4v) is 2.82. The Morgan fingerprint density at radius 2 is 1.90 bits per heavy atom. The van der Waals surface area contributed by atoms with Crippen LogP contribution >= 0.6 is 15.9 Å². The first kappa shape index (κ1) is 27.9. The lowest BCUT2D eigenvalue weighted by molar-refractivity contribution is -0.182. The van der Waals surface area contributed by atoms with Crippen LogP contribution in [0, 0.1) is 5.92 Å². The van der Waals surface area contributed by atoms with Gasteiger partial charge in [-0.1, -0.05) is 39.1 Å². The third kappa shape index (κ3) is 10.5. The monoisotopic (exact) mass is 503 g/mol. The van der Waals surface area contributed by atoms with E-state index in [0.29, 0.717) is 5.33 Å². The summed E-state index contributed by atoms with van der Waals surface area (Å²) in [6.07, 6.45) is -3.11. The van der Waals surface area contributed by atoms with Gasteiger partial charge in [0, 0.05) is 17.3 Å². The van der Waals surface area contributed by atoms with E-state index in [2.05, 4.69) is 31.6 Å². The number of esters is 1. The van der Waals surface area contributed by atoms with Crippen molar-refractivity contribution in [2.45, 2.75) is 51.5 Å². The third-order valence-corrected chi connectivity index (χ3v) is 5.27. The van der Waals surface area contributed by atoms with Crippen LogP contribution in [0.3, 0.4) is 0 Å². The Labute approximate surface area is 180 Å². The van der Waals surface area contributed by atoms with E-state index < -0.39 is 52.8 Å². The predicted octanol–water partition coefficient (Wildman–Crippen LogP) is 5.77. The van der Waals surface area contributed by atoms with E-state index in [1.165, 1.54) is 13.0 Å². The molecule has 29 heavy (non-hydrogen) atoms. The molecule has 0 radical (unpaired) electrons. The Balaban J connectivity index is 6.26. The molecule has 2 atom stereocenters. The van der Waals surface area contributed by atoms with Crippen LogP contribution in [0.2, 0.25) is 0 Å². The number of hydrogen-bond acceptors (Lipinski definition) is 4. The van der Waals surface area contributed by atoms with Gasteiger partial charge in [-0.05, 0) is 33.8 Å². The molecule has 2 unspecified atom stereocenters. The summed E-state index contributed by atoms with van der Waals surface area (Å²) in [6.45, 7) is 9.61. The van der Waals surface area contributed by atoms with Gasteiger partial charge in [0.2, 0.25) is 0 Å². The Hall–Kier alpha value is -1.13. The minimum atomic E-state index is -4.77. The van der Waals surface area contributed by atoms with Crippen LogP contribution in [0.1, 0.15) is 40.5 Å². The van der Waals surface area contributed by atoms with Gasteiger partial charge in [0.15, 0.2) is 0 Å². The van der Waals surface area contributed by atoms with Gasteiger partial charge in [-0.25, -0.2) is 4.39 Å². The standard InChI is InChI=1S/C19H26BrF4NO3S/c1-6-14(15(21)9-8-10-20)16(25-29(27)18(3,4)5)11-13(19(22,23)24)12-17(26)28-7-2/h6,8-9,13H,1,7,10-12H2,2-5H3/b9-8-,15-14-,25-16?. The topological polar surface area (TPSA) is 61.7 Å². The molecule has 0 rings (SSSR count). The van der Waals surface area contributed by atoms with Gasteiger partial charge >= 0.3 is 12.1 Å². The van der Waals surface area contributed by atoms with Crippen molar-refractivity contribution in [1.82, 2.24) is 0 Å². The molecule has 166 valence electrons. The summed E-state index contributed by atoms with van der Waals surface area (Å²) in [5.41, 5.74) is -0.686. The molecule has 4 nitrogen and oxygen atoms in total. The minimum absolute atomic E-state index is 0.0673. The molecule has 0 aliphatic carbocycles. The summed E-state index contributed by atoms with van der Waals surface area (Å²) in [4.78, 5) is 11.6. The lowest BCUT2D eigenvalue weighted by atomic mass is 9.93. The second-order valence-corrected chi connectivity index (χ2v) is 9.43. The van der Waals surface area contributed by atoms with Gasteiger partial charge in [-0.2, -0.15) is 13.2 Å². The van der Waals surface area contributed by atoms with Crippen LogP contribution in [0.4, 0.5) is 17.6 Å². The van der Waals surface area contributed by atoms with E-state index in [9.17, 15) is 26.9 Å². The first-order valence-corrected chi connectivity index (χ1v) is 11.0. The molecule has 0 bridgehead atoms. The summed E-state index contributed by atoms with van der Waals surface area (Å²) in [5, 5.41) is 0.319. The molecule has 0 aromatic heterocycles. The zero-order valence-electron chi connectivity index (χ0n) is 16.8. The van der Waals surface area contributed by atoms with Crippen LogP contribution in [0.25, 0.3) is 0 Å². The van der Waals surface area contributed by atoms with E-state index in [1.807, 2.05) is 0 Å². The van der Waals surface area contributed by atoms with Gasteiger partial charge in [0.1, 0.15) is 27.6 Å². The fourth-order valence-electron chi connectivity index (χ4n) is 1.98. The highest BCUT2D eigenvalue weighted by Crippen LogP contribution is 2.34. The van der Waals surface area contributed by atoms with Gasteiger partial charge in [0.05, 0.1) is 18.9 Å². The van der Waals surface area contributed by atoms with Crippen molar-refractivity contribution in [2.75, 3.05) is 11.9 Å². The van der Waals surface area contributed by atoms with E-state index in [4.69, 9.17) is 0 Å². The highest BCUT2D eigenvalue weighted by molar-refractivity contribution is 9.09. The molecule has 0 aliphatic heterocycles. The average molecular weight is 504 g/mol. The zero-order chi connectivity index (χ0) is 22.8. The maximum Gasteiger partial charge on any atom is 0.392 e. The highest BCUT2D eigenvalue weighted by Gasteiger charge is 2.43. The number of halogens is 5. The van der Waals surface area contributed by atoms with E-state index in [-0.39, 0.29) is 17.9 Å². The Kier molecular flexibility index (Phi) is 12.1. The summed E-state index contributed by atoms with van der Waals surface area (Å²) in [6, 6.07) is 0. The highest BCUT2D eigenvalue weighted by atomic mass is 79.9. The maximum absolute atomic E-state index is 14.5. The number of carbonyl (C=O) groups is 1. The van der Waals surface area contributed by atoms with Crippen LogP contribution in [-0.4, -0.2) is 39.1 Å². The Bertz CT molecular complexity index is 655. The first-order valence-electron chi connectivity index (χ1n) is 8.74. The molecule has 0 aromatic carbocycles. The summed E-state index contributed by atoms with van der Waals surface area (Å²) < 4.78 is 75.2. The van der Waals surface area contributed by atoms with Crippen molar-refractivity contribution in [3.63, 3.8) is 0 Å². The zero-order valence-corrected chi connectivity index (χ0v) is 19.2. The van der Waals surface area contributed by atoms with Crippen molar-refractivity contribution < 1.29 is 31.6 Å². The lowest BCUT2D eigenvalue weighted by Crippen LogP contribution is -2.31. The van der Waals surface area contributed by atoms with Crippen molar-refractivity contribution in [1.29, 1.82) is 0 Å². The normalized spacial score (nSPS) is 16.4. The Morgan fingerprint density at radius 1 is 1.31 bits per heavy atom. The molecular weight excluding hydrogens is 478 g/mol. The summed E-state index contributed by atoms with van der Waals surface area (Å²) >= 11 is 1.13. The Morgan fingerprint density at radius 3 is 2.31 bits per heavy atom. The van der Waals surface area contributed by atoms with Crippen molar-refractivity contribution in [3.05, 3.63) is 36.2 Å². The molecule has 0 aromatic rings. The molecule has 0 saturated carbocycles. The molecule has 0 spiro atoms. The van der Waals surface area contributed by atoms with Crippen LogP contribution in [-0.2, 0) is 20.9 Å². The predicted molar refractivity (Wildman–Crippen MR) is 112 cm³/mol. The van der Waals surface area contributed by atoms with Gasteiger partial charge in [0.25, 0.3) is 0 Å². The van der Waals surface area contributed by atoms with E-state index in [1.54, 1.807) is 20.8 Å². The van der Waals surface area contributed by atoms with Gasteiger partial charge in [-0.3, -0.25) is 4.79 Å². The quantitative estimate of drug-likeness (QED) is 0.0948. The minimum Gasteiger partial charge on any atom is -0.591 e. The summed E-state index contributed by atoms with van der Waals surface area (Å²) in [7, 11) is 0. The number of hydrogen-bond donors (Lipinski definition) is 0. The van der Waals surface area contributed by atoms with E-state index >= 15 is 0 Å². The first-order chi connectivity index (χ1) is 13.3. The fraction of sp³-hybridized carbons (Fsp3) is 0.579. The number of carbonyl (C=O) groups excluding carboxylic acids is 1. The molecule has 0 amide bonds. The number of ether oxygens (including phenoxy) is 1. The number of nitrogens with zero attached hydrogens (tertiary/aromatic N) is 1. The van der Waals surface area contributed by atoms with Crippen LogP contribution in [0.15, 0.2) is 40.6 Å². The number of alkyl halides is 4. The number of allylic oxidation sites excluding steroid dienone is 5. The van der Waals surface area contributed by atoms with E-state index in [0.717, 1.165) is 12.2 Å². The third-order valence-electron chi connectivity index (χ3n) is 3.46. The molecule has 10 heteroatoms. The second-order valence-electron chi connectivity index (χ2n) is 6.87. The lowest BCUT2D eigenvalue weighted by Gasteiger charge is -2.23. The SMILES string of the molecule is C=C/C(C(CC(CC(=O)OCC)C(F)(F)F)=N[S+]([O-])C(C)(C)C)=C(F)\C=C/CBr. The molecule has 0 N–H and O–H groups in total. The molecular formula is C19H26BrF4NO3S. The molecule has 0 heterocycles. The molecule has 0 aliphatic rings. The second kappa shape index (κ2) is 12.5. The van der Waals surface area contributed by atoms with Crippen LogP contribution in [0.5, 0.6) is 0 Å². The van der Waals surface area contributed by atoms with Crippen molar-refractivity contribution in [2.24, 2.45) is 10.3 Å². The largest absolute Gasteiger partial charge is 0.591 e. The average Bonchev–Trinajstić information content (AvgIpc) is 2.58. The molecule has 0 fully saturated rings. The van der Waals surface area contributed by atoms with Gasteiger partial charge < -0.3 is 9.29 Å². The van der Waals surface area contributed by atoms with Crippen molar-refractivity contribution >= 4 is 39.0 Å². The maximum atomic E-state index is 14.5. The smallest absolute Gasteiger partial charge is 0.392 e. The summed E-state index contributed by atoms with van der Waals surface area (Å²) in [5.74, 6) is -4.09. The number of rotatable bonds is 10. The van der Waals surface area contributed by atoms with Crippen LogP contribution < -0.4 is 0 Å². The molecule has 0 saturated heterocycles. The van der Waals surface area contributed by atoms with Crippen molar-refractivity contribution in [3.8, 4) is 0 Å².